The first kappa shape index (κ1) is 20.3. The van der Waals surface area contributed by atoms with Crippen molar-refractivity contribution in [3.8, 4) is 11.5 Å². The number of aryl methyl sites for hydroxylation is 1. The van der Waals surface area contributed by atoms with Crippen LogP contribution in [0.25, 0.3) is 0 Å². The molecule has 0 radical (unpaired) electrons. The Morgan fingerprint density at radius 1 is 1.04 bits per heavy atom. The molecule has 0 bridgehead atoms. The van der Waals surface area contributed by atoms with E-state index in [1.165, 1.54) is 24.5 Å². The lowest BCUT2D eigenvalue weighted by molar-refractivity contribution is -0.117. The minimum atomic E-state index is -0.179. The van der Waals surface area contributed by atoms with Gasteiger partial charge in [-0.3, -0.25) is 9.59 Å². The number of anilines is 2. The summed E-state index contributed by atoms with van der Waals surface area (Å²) in [5.74, 6) is 0.813. The number of ether oxygens (including phenoxy) is 2. The van der Waals surface area contributed by atoms with E-state index in [1.807, 2.05) is 24.3 Å². The lowest BCUT2D eigenvalue weighted by atomic mass is 10.1. The van der Waals surface area contributed by atoms with Gasteiger partial charge in [0.05, 0.1) is 19.9 Å². The van der Waals surface area contributed by atoms with Gasteiger partial charge in [-0.15, -0.1) is 0 Å². The quantitative estimate of drug-likeness (QED) is 0.770. The van der Waals surface area contributed by atoms with Gasteiger partial charge in [0.1, 0.15) is 11.5 Å². The van der Waals surface area contributed by atoms with Gasteiger partial charge in [-0.25, -0.2) is 0 Å². The van der Waals surface area contributed by atoms with Crippen molar-refractivity contribution in [3.05, 3.63) is 48.0 Å². The van der Waals surface area contributed by atoms with E-state index in [9.17, 15) is 9.59 Å². The van der Waals surface area contributed by atoms with Crippen molar-refractivity contribution >= 4 is 23.2 Å². The van der Waals surface area contributed by atoms with Gasteiger partial charge in [0.2, 0.25) is 11.8 Å². The molecule has 27 heavy (non-hydrogen) atoms. The number of nitrogens with zero attached hydrogens (tertiary/aromatic N) is 1. The van der Waals surface area contributed by atoms with Crippen LogP contribution in [-0.2, 0) is 16.0 Å². The third-order valence-electron chi connectivity index (χ3n) is 4.27. The highest BCUT2D eigenvalue weighted by molar-refractivity contribution is 5.96. The fourth-order valence-electron chi connectivity index (χ4n) is 2.72. The van der Waals surface area contributed by atoms with Crippen LogP contribution in [0.4, 0.5) is 11.4 Å². The zero-order valence-electron chi connectivity index (χ0n) is 16.2. The first-order valence-corrected chi connectivity index (χ1v) is 8.87. The molecule has 0 aromatic heterocycles. The average molecular weight is 370 g/mol. The fourth-order valence-corrected chi connectivity index (χ4v) is 2.72. The third-order valence-corrected chi connectivity index (χ3v) is 4.27. The predicted octanol–water partition coefficient (Wildman–Crippen LogP) is 3.65. The van der Waals surface area contributed by atoms with Crippen molar-refractivity contribution in [1.29, 1.82) is 0 Å². The van der Waals surface area contributed by atoms with Crippen LogP contribution in [0.2, 0.25) is 0 Å². The van der Waals surface area contributed by atoms with E-state index in [4.69, 9.17) is 9.47 Å². The molecule has 0 heterocycles. The molecule has 0 aliphatic carbocycles. The van der Waals surface area contributed by atoms with Gasteiger partial charge in [0.15, 0.2) is 0 Å². The highest BCUT2D eigenvalue weighted by Crippen LogP contribution is 2.32. The van der Waals surface area contributed by atoms with Crippen LogP contribution in [0.3, 0.4) is 0 Å². The summed E-state index contributed by atoms with van der Waals surface area (Å²) in [6.45, 7) is 3.77. The van der Waals surface area contributed by atoms with Crippen molar-refractivity contribution < 1.29 is 19.1 Å². The molecule has 0 fully saturated rings. The maximum atomic E-state index is 12.3. The lowest BCUT2D eigenvalue weighted by Gasteiger charge is -2.23. The van der Waals surface area contributed by atoms with Crippen molar-refractivity contribution in [2.75, 3.05) is 31.0 Å². The zero-order chi connectivity index (χ0) is 19.8. The second-order valence-electron chi connectivity index (χ2n) is 6.06. The Morgan fingerprint density at radius 3 is 2.30 bits per heavy atom. The monoisotopic (exact) mass is 370 g/mol. The molecule has 0 saturated carbocycles. The molecule has 2 aromatic rings. The van der Waals surface area contributed by atoms with Crippen molar-refractivity contribution in [2.24, 2.45) is 0 Å². The number of carbonyl (C=O) groups excluding carboxylic acids is 2. The van der Waals surface area contributed by atoms with Gasteiger partial charge in [0.25, 0.3) is 0 Å². The van der Waals surface area contributed by atoms with Crippen LogP contribution >= 0.6 is 0 Å². The predicted molar refractivity (Wildman–Crippen MR) is 107 cm³/mol. The lowest BCUT2D eigenvalue weighted by Crippen LogP contribution is -2.32. The molecule has 6 nitrogen and oxygen atoms in total. The zero-order valence-corrected chi connectivity index (χ0v) is 16.2. The highest BCUT2D eigenvalue weighted by atomic mass is 16.5. The minimum absolute atomic E-state index is 0.160. The normalized spacial score (nSPS) is 10.2. The van der Waals surface area contributed by atoms with Gasteiger partial charge in [-0.1, -0.05) is 19.1 Å². The van der Waals surface area contributed by atoms with E-state index in [-0.39, 0.29) is 24.8 Å². The number of rotatable bonds is 8. The van der Waals surface area contributed by atoms with Crippen LogP contribution in [0.15, 0.2) is 42.5 Å². The first-order valence-electron chi connectivity index (χ1n) is 8.87. The summed E-state index contributed by atoms with van der Waals surface area (Å²) >= 11 is 0. The number of carbonyl (C=O) groups is 2. The molecule has 0 atom stereocenters. The summed E-state index contributed by atoms with van der Waals surface area (Å²) in [4.78, 5) is 26.0. The van der Waals surface area contributed by atoms with Crippen LogP contribution in [0, 0.1) is 0 Å². The Balaban J connectivity index is 2.08. The average Bonchev–Trinajstić information content (AvgIpc) is 2.68. The van der Waals surface area contributed by atoms with E-state index in [0.717, 1.165) is 12.1 Å². The molecule has 2 rings (SSSR count). The summed E-state index contributed by atoms with van der Waals surface area (Å²) < 4.78 is 10.6. The Hall–Kier alpha value is -3.02. The number of amides is 2. The van der Waals surface area contributed by atoms with Gasteiger partial charge < -0.3 is 19.7 Å². The highest BCUT2D eigenvalue weighted by Gasteiger charge is 2.18. The van der Waals surface area contributed by atoms with E-state index in [1.54, 1.807) is 25.3 Å². The number of hydrogen-bond donors (Lipinski definition) is 1. The minimum Gasteiger partial charge on any atom is -0.497 e. The van der Waals surface area contributed by atoms with E-state index in [0.29, 0.717) is 17.2 Å². The van der Waals surface area contributed by atoms with Gasteiger partial charge in [0, 0.05) is 31.6 Å². The molecule has 1 N–H and O–H groups in total. The molecule has 144 valence electrons. The van der Waals surface area contributed by atoms with E-state index < -0.39 is 0 Å². The standard InChI is InChI=1S/C21H26N2O4/c1-5-16-6-8-17(9-7-16)22-21(25)12-13-23(15(2)24)19-14-18(26-3)10-11-20(19)27-4/h6-11,14H,5,12-13H2,1-4H3,(H,22,25). The molecule has 0 saturated heterocycles. The van der Waals surface area contributed by atoms with Gasteiger partial charge >= 0.3 is 0 Å². The fraction of sp³-hybridized carbons (Fsp3) is 0.333. The molecular weight excluding hydrogens is 344 g/mol. The summed E-state index contributed by atoms with van der Waals surface area (Å²) in [6.07, 6.45) is 1.11. The topological polar surface area (TPSA) is 67.9 Å². The number of nitrogens with one attached hydrogen (secondary N) is 1. The largest absolute Gasteiger partial charge is 0.497 e. The summed E-state index contributed by atoms with van der Waals surface area (Å²) in [5.41, 5.74) is 2.52. The Kier molecular flexibility index (Phi) is 7.23. The van der Waals surface area contributed by atoms with Crippen LogP contribution < -0.4 is 19.7 Å². The third kappa shape index (κ3) is 5.48. The molecule has 0 unspecified atom stereocenters. The van der Waals surface area contributed by atoms with Crippen LogP contribution in [0.1, 0.15) is 25.8 Å². The molecular formula is C21H26N2O4. The van der Waals surface area contributed by atoms with E-state index >= 15 is 0 Å². The molecule has 0 aliphatic heterocycles. The SMILES string of the molecule is CCc1ccc(NC(=O)CCN(C(C)=O)c2cc(OC)ccc2OC)cc1. The molecule has 2 amide bonds. The van der Waals surface area contributed by atoms with Crippen molar-refractivity contribution in [2.45, 2.75) is 26.7 Å². The van der Waals surface area contributed by atoms with E-state index in [2.05, 4.69) is 12.2 Å². The van der Waals surface area contributed by atoms with Crippen LogP contribution in [-0.4, -0.2) is 32.6 Å². The number of hydrogen-bond acceptors (Lipinski definition) is 4. The number of benzene rings is 2. The molecule has 0 spiro atoms. The summed E-state index contributed by atoms with van der Waals surface area (Å²) in [5, 5.41) is 2.86. The summed E-state index contributed by atoms with van der Waals surface area (Å²) in [7, 11) is 3.09. The first-order chi connectivity index (χ1) is 13.0. The Morgan fingerprint density at radius 2 is 1.74 bits per heavy atom. The molecule has 2 aromatic carbocycles. The second kappa shape index (κ2) is 9.62. The Bertz CT molecular complexity index is 787. The summed E-state index contributed by atoms with van der Waals surface area (Å²) in [6, 6.07) is 12.9. The van der Waals surface area contributed by atoms with Gasteiger partial charge in [-0.2, -0.15) is 0 Å². The van der Waals surface area contributed by atoms with Crippen molar-refractivity contribution in [1.82, 2.24) is 0 Å². The Labute approximate surface area is 160 Å². The van der Waals surface area contributed by atoms with Gasteiger partial charge in [-0.05, 0) is 36.2 Å². The molecule has 6 heteroatoms. The maximum Gasteiger partial charge on any atom is 0.226 e. The number of methoxy groups -OCH3 is 2. The van der Waals surface area contributed by atoms with Crippen molar-refractivity contribution in [3.63, 3.8) is 0 Å². The molecule has 0 aliphatic rings. The smallest absolute Gasteiger partial charge is 0.226 e. The second-order valence-corrected chi connectivity index (χ2v) is 6.06. The maximum absolute atomic E-state index is 12.3. The van der Waals surface area contributed by atoms with Crippen LogP contribution in [0.5, 0.6) is 11.5 Å².